The molecule has 14 heavy (non-hydrogen) atoms. The Morgan fingerprint density at radius 2 is 2.21 bits per heavy atom. The normalized spacial score (nSPS) is 18.3. The predicted molar refractivity (Wildman–Crippen MR) is 53.4 cm³/mol. The number of rotatable bonds is 3. The van der Waals surface area contributed by atoms with E-state index in [1.54, 1.807) is 4.68 Å². The zero-order valence-electron chi connectivity index (χ0n) is 8.22. The van der Waals surface area contributed by atoms with Crippen LogP contribution in [0.2, 0.25) is 0 Å². The minimum absolute atomic E-state index is 0.0669. The Morgan fingerprint density at radius 1 is 1.57 bits per heavy atom. The maximum Gasteiger partial charge on any atom is 0.304 e. The molecule has 0 spiro atoms. The smallest absolute Gasteiger partial charge is 0.266 e. The molecule has 0 amide bonds. The Balaban J connectivity index is 2.31. The summed E-state index contributed by atoms with van der Waals surface area (Å²) in [4.78, 5) is 0. The second kappa shape index (κ2) is 3.27. The number of hydrogen-bond acceptors (Lipinski definition) is 1. The molecule has 1 heterocycles. The molecule has 2 nitrogen and oxygen atoms in total. The molecule has 1 aliphatic carbocycles. The predicted octanol–water partition coefficient (Wildman–Crippen LogP) is 2.88. The van der Waals surface area contributed by atoms with Gasteiger partial charge in [-0.2, -0.15) is 13.9 Å². The van der Waals surface area contributed by atoms with Gasteiger partial charge in [0.25, 0.3) is 0 Å². The maximum atomic E-state index is 13.3. The lowest BCUT2D eigenvalue weighted by atomic mass is 10.4. The van der Waals surface area contributed by atoms with Crippen LogP contribution in [0.25, 0.3) is 0 Å². The van der Waals surface area contributed by atoms with Crippen LogP contribution in [-0.2, 0) is 5.66 Å². The number of halogens is 2. The highest BCUT2D eigenvalue weighted by Crippen LogP contribution is 2.43. The SMILES string of the molecule is CPC(F)(F)c1cc(C)n(C2CC2)n1. The second-order valence-corrected chi connectivity index (χ2v) is 4.80. The Hall–Kier alpha value is -0.500. The first-order valence-electron chi connectivity index (χ1n) is 4.68. The molecule has 0 aromatic carbocycles. The molecule has 1 unspecified atom stereocenters. The zero-order valence-corrected chi connectivity index (χ0v) is 9.22. The van der Waals surface area contributed by atoms with Crippen LogP contribution in [-0.4, -0.2) is 16.4 Å². The molecule has 0 aliphatic heterocycles. The molecular weight excluding hydrogens is 205 g/mol. The highest BCUT2D eigenvalue weighted by Gasteiger charge is 2.35. The maximum absolute atomic E-state index is 13.3. The van der Waals surface area contributed by atoms with E-state index in [4.69, 9.17) is 0 Å². The van der Waals surface area contributed by atoms with Crippen LogP contribution < -0.4 is 0 Å². The van der Waals surface area contributed by atoms with Gasteiger partial charge in [0.1, 0.15) is 5.69 Å². The van der Waals surface area contributed by atoms with Gasteiger partial charge in [0.05, 0.1) is 6.04 Å². The first-order valence-corrected chi connectivity index (χ1v) is 6.18. The van der Waals surface area contributed by atoms with E-state index >= 15 is 0 Å². The summed E-state index contributed by atoms with van der Waals surface area (Å²) in [5.41, 5.74) is -1.96. The van der Waals surface area contributed by atoms with Gasteiger partial charge < -0.3 is 0 Å². The average Bonchev–Trinajstić information content (AvgIpc) is 2.90. The van der Waals surface area contributed by atoms with Gasteiger partial charge in [0.2, 0.25) is 0 Å². The summed E-state index contributed by atoms with van der Waals surface area (Å²) in [6.45, 7) is 3.34. The van der Waals surface area contributed by atoms with E-state index in [-0.39, 0.29) is 5.69 Å². The number of hydrogen-bond donors (Lipinski definition) is 0. The van der Waals surface area contributed by atoms with E-state index in [1.165, 1.54) is 12.7 Å². The molecule has 0 saturated heterocycles. The lowest BCUT2D eigenvalue weighted by molar-refractivity contribution is 0.0949. The molecule has 1 atom stereocenters. The average molecular weight is 218 g/mol. The first-order chi connectivity index (χ1) is 6.54. The third-order valence-electron chi connectivity index (χ3n) is 2.45. The summed E-state index contributed by atoms with van der Waals surface area (Å²) < 4.78 is 28.3. The Bertz CT molecular complexity index is 345. The van der Waals surface area contributed by atoms with Crippen LogP contribution in [0.15, 0.2) is 6.07 Å². The summed E-state index contributed by atoms with van der Waals surface area (Å²) in [6, 6.07) is 1.88. The van der Waals surface area contributed by atoms with Crippen molar-refractivity contribution in [2.45, 2.75) is 31.5 Å². The Kier molecular flexibility index (Phi) is 2.34. The van der Waals surface area contributed by atoms with Gasteiger partial charge in [-0.1, -0.05) is 0 Å². The van der Waals surface area contributed by atoms with Crippen LogP contribution in [0.5, 0.6) is 0 Å². The summed E-state index contributed by atoms with van der Waals surface area (Å²) in [5, 5.41) is 3.99. The molecule has 0 radical (unpaired) electrons. The minimum atomic E-state index is -2.75. The number of nitrogens with zero attached hydrogens (tertiary/aromatic N) is 2. The molecule has 1 aromatic heterocycles. The van der Waals surface area contributed by atoms with Crippen LogP contribution >= 0.6 is 8.58 Å². The van der Waals surface area contributed by atoms with Crippen LogP contribution in [0.4, 0.5) is 8.78 Å². The Labute approximate surface area is 83.5 Å². The van der Waals surface area contributed by atoms with Crippen molar-refractivity contribution in [1.29, 1.82) is 0 Å². The van der Waals surface area contributed by atoms with Crippen molar-refractivity contribution in [2.24, 2.45) is 0 Å². The largest absolute Gasteiger partial charge is 0.304 e. The van der Waals surface area contributed by atoms with Gasteiger partial charge >= 0.3 is 5.66 Å². The van der Waals surface area contributed by atoms with Gasteiger partial charge in [-0.25, -0.2) is 0 Å². The number of aromatic nitrogens is 2. The highest BCUT2D eigenvalue weighted by molar-refractivity contribution is 7.38. The van der Waals surface area contributed by atoms with Crippen molar-refractivity contribution < 1.29 is 8.78 Å². The van der Waals surface area contributed by atoms with Crippen LogP contribution in [0, 0.1) is 6.92 Å². The fourth-order valence-corrected chi connectivity index (χ4v) is 1.84. The standard InChI is InChI=1S/C9H13F2N2P/c1-6-5-8(9(10,11)14-2)12-13(6)7-3-4-7/h5,7,14H,3-4H2,1-2H3. The van der Waals surface area contributed by atoms with Crippen molar-refractivity contribution in [1.82, 2.24) is 9.78 Å². The van der Waals surface area contributed by atoms with Crippen molar-refractivity contribution in [2.75, 3.05) is 6.66 Å². The van der Waals surface area contributed by atoms with Crippen LogP contribution in [0.1, 0.15) is 30.3 Å². The molecule has 1 saturated carbocycles. The lowest BCUT2D eigenvalue weighted by Gasteiger charge is -2.09. The van der Waals surface area contributed by atoms with Gasteiger partial charge in [-0.05, 0) is 41.1 Å². The van der Waals surface area contributed by atoms with Gasteiger partial charge in [-0.15, -0.1) is 0 Å². The minimum Gasteiger partial charge on any atom is -0.266 e. The summed E-state index contributed by atoms with van der Waals surface area (Å²) in [7, 11) is -0.424. The Morgan fingerprint density at radius 3 is 2.71 bits per heavy atom. The van der Waals surface area contributed by atoms with Gasteiger partial charge in [0.15, 0.2) is 0 Å². The van der Waals surface area contributed by atoms with Gasteiger partial charge in [-0.3, -0.25) is 4.68 Å². The van der Waals surface area contributed by atoms with Crippen molar-refractivity contribution >= 4 is 8.58 Å². The molecule has 0 bridgehead atoms. The molecule has 5 heteroatoms. The molecule has 1 aliphatic rings. The first kappa shape index (κ1) is 10.0. The zero-order chi connectivity index (χ0) is 10.3. The summed E-state index contributed by atoms with van der Waals surface area (Å²) >= 11 is 0. The molecular formula is C9H13F2N2P. The molecule has 78 valence electrons. The van der Waals surface area contributed by atoms with Crippen LogP contribution in [0.3, 0.4) is 0 Å². The van der Waals surface area contributed by atoms with E-state index in [9.17, 15) is 8.78 Å². The quantitative estimate of drug-likeness (QED) is 0.713. The summed E-state index contributed by atoms with van der Waals surface area (Å²) in [6.07, 6.45) is 2.14. The monoisotopic (exact) mass is 218 g/mol. The van der Waals surface area contributed by atoms with E-state index < -0.39 is 14.2 Å². The third kappa shape index (κ3) is 1.68. The number of alkyl halides is 2. The van der Waals surface area contributed by atoms with Crippen molar-refractivity contribution in [3.05, 3.63) is 17.5 Å². The second-order valence-electron chi connectivity index (χ2n) is 3.67. The van der Waals surface area contributed by atoms with Crippen molar-refractivity contribution in [3.8, 4) is 0 Å². The fraction of sp³-hybridized carbons (Fsp3) is 0.667. The van der Waals surface area contributed by atoms with E-state index in [2.05, 4.69) is 5.10 Å². The molecule has 1 fully saturated rings. The van der Waals surface area contributed by atoms with E-state index in [0.29, 0.717) is 6.04 Å². The van der Waals surface area contributed by atoms with Crippen molar-refractivity contribution in [3.63, 3.8) is 0 Å². The lowest BCUT2D eigenvalue weighted by Crippen LogP contribution is -2.08. The molecule has 2 rings (SSSR count). The molecule has 1 aromatic rings. The van der Waals surface area contributed by atoms with Gasteiger partial charge in [0, 0.05) is 5.69 Å². The van der Waals surface area contributed by atoms with E-state index in [1.807, 2.05) is 6.92 Å². The molecule has 0 N–H and O–H groups in total. The number of aryl methyl sites for hydroxylation is 1. The fourth-order valence-electron chi connectivity index (χ4n) is 1.46. The third-order valence-corrected chi connectivity index (χ3v) is 3.33. The topological polar surface area (TPSA) is 17.8 Å². The van der Waals surface area contributed by atoms with E-state index in [0.717, 1.165) is 18.5 Å². The summed E-state index contributed by atoms with van der Waals surface area (Å²) in [5.74, 6) is 0. The highest BCUT2D eigenvalue weighted by atomic mass is 31.1.